The summed E-state index contributed by atoms with van der Waals surface area (Å²) < 4.78 is 57.0. The molecule has 38 heavy (non-hydrogen) atoms. The SMILES string of the molecule is CN1CCc2c(sc3c2CN(C(=O)Nc2ccccc2C(F)(F)F)[C@H](c2ccc(F)cc2)c2cccn2-3)C1. The van der Waals surface area contributed by atoms with Crippen molar-refractivity contribution in [2.24, 2.45) is 0 Å². The Labute approximate surface area is 220 Å². The number of para-hydroxylation sites is 1. The van der Waals surface area contributed by atoms with Crippen LogP contribution in [0.3, 0.4) is 0 Å². The number of hydrogen-bond acceptors (Lipinski definition) is 3. The Hall–Kier alpha value is -3.63. The number of nitrogens with zero attached hydrogens (tertiary/aromatic N) is 3. The lowest BCUT2D eigenvalue weighted by Crippen LogP contribution is -2.38. The number of benzene rings is 2. The Balaban J connectivity index is 1.49. The number of urea groups is 1. The van der Waals surface area contributed by atoms with E-state index < -0.39 is 29.6 Å². The summed E-state index contributed by atoms with van der Waals surface area (Å²) in [6.07, 6.45) is -1.86. The van der Waals surface area contributed by atoms with E-state index in [2.05, 4.69) is 21.8 Å². The zero-order valence-electron chi connectivity index (χ0n) is 20.4. The molecular formula is C28H24F4N4OS. The van der Waals surface area contributed by atoms with Crippen LogP contribution in [-0.2, 0) is 25.7 Å². The molecule has 196 valence electrons. The van der Waals surface area contributed by atoms with Gasteiger partial charge in [-0.2, -0.15) is 13.2 Å². The third-order valence-electron chi connectivity index (χ3n) is 7.18. The number of carbonyl (C=O) groups excluding carboxylic acids is 1. The maximum absolute atomic E-state index is 13.9. The lowest BCUT2D eigenvalue weighted by atomic mass is 10.00. The monoisotopic (exact) mass is 540 g/mol. The quantitative estimate of drug-likeness (QED) is 0.284. The first kappa shape index (κ1) is 24.7. The van der Waals surface area contributed by atoms with Crippen LogP contribution >= 0.6 is 11.3 Å². The average molecular weight is 541 g/mol. The second-order valence-electron chi connectivity index (χ2n) is 9.63. The molecule has 4 heterocycles. The highest BCUT2D eigenvalue weighted by atomic mass is 32.1. The molecule has 0 saturated heterocycles. The van der Waals surface area contributed by atoms with Crippen molar-refractivity contribution >= 4 is 23.1 Å². The molecule has 5 nitrogen and oxygen atoms in total. The molecule has 2 amide bonds. The van der Waals surface area contributed by atoms with Crippen molar-refractivity contribution in [3.8, 4) is 5.00 Å². The topological polar surface area (TPSA) is 40.5 Å². The highest BCUT2D eigenvalue weighted by Crippen LogP contribution is 2.44. The first-order valence-electron chi connectivity index (χ1n) is 12.2. The van der Waals surface area contributed by atoms with Crippen LogP contribution in [-0.4, -0.2) is 34.0 Å². The average Bonchev–Trinajstić information content (AvgIpc) is 3.46. The summed E-state index contributed by atoms with van der Waals surface area (Å²) in [5.74, 6) is -0.412. The van der Waals surface area contributed by atoms with Gasteiger partial charge >= 0.3 is 12.2 Å². The van der Waals surface area contributed by atoms with E-state index in [0.717, 1.165) is 41.8 Å². The fourth-order valence-corrected chi connectivity index (χ4v) is 6.82. The first-order valence-corrected chi connectivity index (χ1v) is 13.0. The summed E-state index contributed by atoms with van der Waals surface area (Å²) in [7, 11) is 2.07. The zero-order valence-corrected chi connectivity index (χ0v) is 21.2. The Bertz CT molecular complexity index is 1510. The highest BCUT2D eigenvalue weighted by Gasteiger charge is 2.38. The molecule has 6 rings (SSSR count). The van der Waals surface area contributed by atoms with Gasteiger partial charge < -0.3 is 19.7 Å². The summed E-state index contributed by atoms with van der Waals surface area (Å²) >= 11 is 1.68. The number of anilines is 1. The van der Waals surface area contributed by atoms with E-state index >= 15 is 0 Å². The number of carbonyl (C=O) groups is 1. The molecular weight excluding hydrogens is 516 g/mol. The van der Waals surface area contributed by atoms with Crippen LogP contribution < -0.4 is 5.32 Å². The van der Waals surface area contributed by atoms with Gasteiger partial charge in [-0.05, 0) is 61.0 Å². The van der Waals surface area contributed by atoms with E-state index in [4.69, 9.17) is 0 Å². The van der Waals surface area contributed by atoms with Crippen LogP contribution in [0.1, 0.15) is 38.9 Å². The van der Waals surface area contributed by atoms with Gasteiger partial charge in [-0.3, -0.25) is 0 Å². The molecule has 0 unspecified atom stereocenters. The van der Waals surface area contributed by atoms with E-state index in [1.165, 1.54) is 40.8 Å². The van der Waals surface area contributed by atoms with E-state index in [1.54, 1.807) is 28.4 Å². The molecule has 2 aromatic carbocycles. The Kier molecular flexibility index (Phi) is 6.03. The molecule has 1 N–H and O–H groups in total. The largest absolute Gasteiger partial charge is 0.418 e. The first-order chi connectivity index (χ1) is 18.2. The van der Waals surface area contributed by atoms with E-state index in [1.807, 2.05) is 18.3 Å². The maximum Gasteiger partial charge on any atom is 0.418 e. The summed E-state index contributed by atoms with van der Waals surface area (Å²) in [5.41, 5.74) is 2.41. The maximum atomic E-state index is 13.9. The number of aromatic nitrogens is 1. The van der Waals surface area contributed by atoms with Crippen molar-refractivity contribution < 1.29 is 22.4 Å². The van der Waals surface area contributed by atoms with Crippen molar-refractivity contribution in [3.05, 3.63) is 106 Å². The Morgan fingerprint density at radius 3 is 2.53 bits per heavy atom. The minimum absolute atomic E-state index is 0.203. The van der Waals surface area contributed by atoms with Crippen LogP contribution in [0.2, 0.25) is 0 Å². The number of thiophene rings is 1. The fourth-order valence-electron chi connectivity index (χ4n) is 5.37. The van der Waals surface area contributed by atoms with Crippen molar-refractivity contribution in [2.45, 2.75) is 31.7 Å². The summed E-state index contributed by atoms with van der Waals surface area (Å²) in [5, 5.41) is 3.54. The summed E-state index contributed by atoms with van der Waals surface area (Å²) in [6.45, 7) is 1.88. The van der Waals surface area contributed by atoms with E-state index in [-0.39, 0.29) is 12.2 Å². The molecule has 0 radical (unpaired) electrons. The molecule has 2 aliphatic rings. The second kappa shape index (κ2) is 9.28. The molecule has 0 aliphatic carbocycles. The van der Waals surface area contributed by atoms with Crippen molar-refractivity contribution in [2.75, 3.05) is 18.9 Å². The second-order valence-corrected chi connectivity index (χ2v) is 10.7. The number of amides is 2. The lowest BCUT2D eigenvalue weighted by molar-refractivity contribution is -0.136. The minimum atomic E-state index is -4.63. The minimum Gasteiger partial charge on any atom is -0.310 e. The predicted molar refractivity (Wildman–Crippen MR) is 138 cm³/mol. The van der Waals surface area contributed by atoms with Crippen molar-refractivity contribution in [1.82, 2.24) is 14.4 Å². The van der Waals surface area contributed by atoms with Gasteiger partial charge in [-0.1, -0.05) is 24.3 Å². The third kappa shape index (κ3) is 4.27. The highest BCUT2D eigenvalue weighted by molar-refractivity contribution is 7.15. The number of rotatable bonds is 2. The zero-order chi connectivity index (χ0) is 26.6. The molecule has 2 aromatic heterocycles. The van der Waals surface area contributed by atoms with Crippen molar-refractivity contribution in [3.63, 3.8) is 0 Å². The number of halogens is 4. The van der Waals surface area contributed by atoms with Gasteiger partial charge in [0.1, 0.15) is 10.8 Å². The lowest BCUT2D eigenvalue weighted by Gasteiger charge is -2.32. The van der Waals surface area contributed by atoms with Gasteiger partial charge in [0.15, 0.2) is 0 Å². The van der Waals surface area contributed by atoms with Gasteiger partial charge in [-0.15, -0.1) is 11.3 Å². The van der Waals surface area contributed by atoms with Crippen LogP contribution in [0, 0.1) is 5.82 Å². The predicted octanol–water partition coefficient (Wildman–Crippen LogP) is 6.82. The van der Waals surface area contributed by atoms with Gasteiger partial charge in [0, 0.05) is 29.7 Å². The molecule has 4 aromatic rings. The van der Waals surface area contributed by atoms with Crippen LogP contribution in [0.25, 0.3) is 5.00 Å². The van der Waals surface area contributed by atoms with Gasteiger partial charge in [0.25, 0.3) is 0 Å². The molecule has 0 bridgehead atoms. The Morgan fingerprint density at radius 1 is 1.00 bits per heavy atom. The molecule has 2 aliphatic heterocycles. The van der Waals surface area contributed by atoms with Crippen LogP contribution in [0.4, 0.5) is 28.0 Å². The third-order valence-corrected chi connectivity index (χ3v) is 8.43. The molecule has 10 heteroatoms. The number of alkyl halides is 3. The smallest absolute Gasteiger partial charge is 0.310 e. The van der Waals surface area contributed by atoms with Gasteiger partial charge in [0.2, 0.25) is 0 Å². The fraction of sp³-hybridized carbons (Fsp3) is 0.250. The summed E-state index contributed by atoms with van der Waals surface area (Å²) in [6, 6.07) is 13.3. The normalized spacial score (nSPS) is 17.4. The molecule has 0 fully saturated rings. The number of fused-ring (bicyclic) bond motifs is 5. The Morgan fingerprint density at radius 2 is 1.76 bits per heavy atom. The van der Waals surface area contributed by atoms with Gasteiger partial charge in [0.05, 0.1) is 29.5 Å². The van der Waals surface area contributed by atoms with Crippen LogP contribution in [0.15, 0.2) is 66.9 Å². The molecule has 0 spiro atoms. The number of likely N-dealkylation sites (N-methyl/N-ethyl adjacent to an activating group) is 1. The number of nitrogens with one attached hydrogen (secondary N) is 1. The number of hydrogen-bond donors (Lipinski definition) is 1. The van der Waals surface area contributed by atoms with E-state index in [9.17, 15) is 22.4 Å². The molecule has 1 atom stereocenters. The van der Waals surface area contributed by atoms with Crippen molar-refractivity contribution in [1.29, 1.82) is 0 Å². The van der Waals surface area contributed by atoms with E-state index in [0.29, 0.717) is 5.56 Å². The van der Waals surface area contributed by atoms with Crippen LogP contribution in [0.5, 0.6) is 0 Å². The summed E-state index contributed by atoms with van der Waals surface area (Å²) in [4.78, 5) is 18.9. The standard InChI is InChI=1S/C28H24F4N4OS/c1-34-14-12-19-20-15-36(27(37)33-22-6-3-2-5-21(22)28(30,31)32)25(17-8-10-18(29)11-9-17)23-7-4-13-35(23)26(20)38-24(19)16-34/h2-11,13,25H,12,14-16H2,1H3,(H,33,37)/t25-/m1/s1. The molecule has 0 saturated carbocycles. The van der Waals surface area contributed by atoms with Gasteiger partial charge in [-0.25, -0.2) is 9.18 Å².